The smallest absolute Gasteiger partial charge is 0.126 e. The van der Waals surface area contributed by atoms with E-state index in [0.29, 0.717) is 0 Å². The molecule has 1 saturated heterocycles. The van der Waals surface area contributed by atoms with Gasteiger partial charge in [0.25, 0.3) is 0 Å². The van der Waals surface area contributed by atoms with Crippen LogP contribution in [0.1, 0.15) is 36.8 Å². The molecular weight excluding hydrogens is 201 g/mol. The van der Waals surface area contributed by atoms with Gasteiger partial charge in [0.2, 0.25) is 0 Å². The van der Waals surface area contributed by atoms with Crippen molar-refractivity contribution in [3.63, 3.8) is 0 Å². The number of hydrogen-bond acceptors (Lipinski definition) is 1. The lowest BCUT2D eigenvalue weighted by atomic mass is 9.83. The monoisotopic (exact) mass is 219 g/mol. The fraction of sp³-hybridized carbons (Fsp3) is 0.571. The molecule has 0 bridgehead atoms. The van der Waals surface area contributed by atoms with Gasteiger partial charge in [0.05, 0.1) is 0 Å². The highest BCUT2D eigenvalue weighted by Crippen LogP contribution is 2.50. The molecule has 1 atom stereocenters. The highest BCUT2D eigenvalue weighted by atomic mass is 19.1. The number of halogens is 1. The van der Waals surface area contributed by atoms with Crippen LogP contribution in [-0.2, 0) is 5.54 Å². The van der Waals surface area contributed by atoms with Crippen LogP contribution in [0.15, 0.2) is 18.2 Å². The summed E-state index contributed by atoms with van der Waals surface area (Å²) >= 11 is 0. The highest BCUT2D eigenvalue weighted by molar-refractivity contribution is 5.32. The van der Waals surface area contributed by atoms with Crippen LogP contribution in [0.3, 0.4) is 0 Å². The summed E-state index contributed by atoms with van der Waals surface area (Å²) in [6.07, 6.45) is 4.97. The molecule has 1 nitrogen and oxygen atoms in total. The van der Waals surface area contributed by atoms with E-state index in [1.165, 1.54) is 25.7 Å². The van der Waals surface area contributed by atoms with Crippen LogP contribution in [0.2, 0.25) is 0 Å². The van der Waals surface area contributed by atoms with E-state index in [0.717, 1.165) is 23.6 Å². The second-order valence-corrected chi connectivity index (χ2v) is 5.24. The van der Waals surface area contributed by atoms with Gasteiger partial charge < -0.3 is 5.32 Å². The molecule has 2 aliphatic rings. The van der Waals surface area contributed by atoms with E-state index < -0.39 is 0 Å². The first-order chi connectivity index (χ1) is 7.72. The van der Waals surface area contributed by atoms with E-state index >= 15 is 0 Å². The van der Waals surface area contributed by atoms with Gasteiger partial charge >= 0.3 is 0 Å². The molecule has 0 spiro atoms. The van der Waals surface area contributed by atoms with Crippen LogP contribution in [0.5, 0.6) is 0 Å². The Morgan fingerprint density at radius 2 is 2.19 bits per heavy atom. The highest BCUT2D eigenvalue weighted by Gasteiger charge is 2.47. The molecule has 0 aromatic heterocycles. The largest absolute Gasteiger partial charge is 0.307 e. The summed E-state index contributed by atoms with van der Waals surface area (Å²) in [5, 5.41) is 3.63. The van der Waals surface area contributed by atoms with Crippen molar-refractivity contribution in [1.29, 1.82) is 0 Å². The summed E-state index contributed by atoms with van der Waals surface area (Å²) in [5.41, 5.74) is 2.00. The molecule has 1 aromatic carbocycles. The summed E-state index contributed by atoms with van der Waals surface area (Å²) in [7, 11) is 0. The molecule has 86 valence electrons. The predicted octanol–water partition coefficient (Wildman–Crippen LogP) is 3.12. The van der Waals surface area contributed by atoms with Gasteiger partial charge in [0.1, 0.15) is 5.82 Å². The average Bonchev–Trinajstić information content (AvgIpc) is 3.02. The number of hydrogen-bond donors (Lipinski definition) is 1. The first-order valence-electron chi connectivity index (χ1n) is 6.24. The average molecular weight is 219 g/mol. The Kier molecular flexibility index (Phi) is 2.28. The fourth-order valence-electron chi connectivity index (χ4n) is 3.04. The lowest BCUT2D eigenvalue weighted by Gasteiger charge is -2.30. The third kappa shape index (κ3) is 1.47. The zero-order chi connectivity index (χ0) is 11.2. The van der Waals surface area contributed by atoms with E-state index in [2.05, 4.69) is 11.4 Å². The predicted molar refractivity (Wildman–Crippen MR) is 62.8 cm³/mol. The molecule has 1 saturated carbocycles. The van der Waals surface area contributed by atoms with Crippen molar-refractivity contribution in [3.8, 4) is 0 Å². The van der Waals surface area contributed by atoms with Crippen molar-refractivity contribution in [2.75, 3.05) is 6.54 Å². The van der Waals surface area contributed by atoms with Crippen LogP contribution in [0, 0.1) is 18.7 Å². The zero-order valence-electron chi connectivity index (χ0n) is 9.72. The van der Waals surface area contributed by atoms with Crippen molar-refractivity contribution in [3.05, 3.63) is 35.1 Å². The lowest BCUT2D eigenvalue weighted by Crippen LogP contribution is -2.39. The quantitative estimate of drug-likeness (QED) is 0.805. The van der Waals surface area contributed by atoms with Crippen molar-refractivity contribution >= 4 is 0 Å². The van der Waals surface area contributed by atoms with Crippen molar-refractivity contribution in [2.45, 2.75) is 38.1 Å². The summed E-state index contributed by atoms with van der Waals surface area (Å²) in [6.45, 7) is 2.90. The molecule has 1 aromatic rings. The van der Waals surface area contributed by atoms with Gasteiger partial charge in [-0.05, 0) is 62.3 Å². The van der Waals surface area contributed by atoms with E-state index in [4.69, 9.17) is 0 Å². The molecule has 1 aliphatic heterocycles. The molecule has 0 amide bonds. The van der Waals surface area contributed by atoms with Gasteiger partial charge in [-0.25, -0.2) is 4.39 Å². The minimum absolute atomic E-state index is 0.0637. The number of rotatable bonds is 2. The molecule has 1 unspecified atom stereocenters. The maximum absolute atomic E-state index is 13.7. The molecule has 1 aliphatic carbocycles. The van der Waals surface area contributed by atoms with Gasteiger partial charge in [0, 0.05) is 5.54 Å². The fourth-order valence-corrected chi connectivity index (χ4v) is 3.04. The summed E-state index contributed by atoms with van der Waals surface area (Å²) in [6, 6.07) is 5.76. The van der Waals surface area contributed by atoms with Crippen LogP contribution >= 0.6 is 0 Å². The minimum Gasteiger partial charge on any atom is -0.307 e. The number of nitrogens with one attached hydrogen (secondary N) is 1. The first kappa shape index (κ1) is 10.3. The van der Waals surface area contributed by atoms with Crippen LogP contribution < -0.4 is 5.32 Å². The van der Waals surface area contributed by atoms with Gasteiger partial charge in [-0.2, -0.15) is 0 Å². The van der Waals surface area contributed by atoms with Crippen LogP contribution in [0.25, 0.3) is 0 Å². The third-order valence-electron chi connectivity index (χ3n) is 4.15. The Hall–Kier alpha value is -0.890. The van der Waals surface area contributed by atoms with Gasteiger partial charge in [0.15, 0.2) is 0 Å². The Morgan fingerprint density at radius 1 is 1.38 bits per heavy atom. The minimum atomic E-state index is -0.0637. The molecular formula is C14H18FN. The topological polar surface area (TPSA) is 12.0 Å². The molecule has 2 heteroatoms. The lowest BCUT2D eigenvalue weighted by molar-refractivity contribution is 0.334. The molecule has 2 fully saturated rings. The Morgan fingerprint density at radius 3 is 2.75 bits per heavy atom. The molecule has 16 heavy (non-hydrogen) atoms. The van der Waals surface area contributed by atoms with Crippen molar-refractivity contribution in [2.24, 2.45) is 5.92 Å². The standard InChI is InChI=1S/C14H18FN/c1-10-3-4-12(9-13(10)15)14(11-5-6-11)7-2-8-16-14/h3-4,9,11,16H,2,5-8H2,1H3. The Bertz CT molecular complexity index is 403. The van der Waals surface area contributed by atoms with Gasteiger partial charge in [-0.15, -0.1) is 0 Å². The number of benzene rings is 1. The van der Waals surface area contributed by atoms with E-state index in [1.807, 2.05) is 13.0 Å². The zero-order valence-corrected chi connectivity index (χ0v) is 9.72. The molecule has 0 radical (unpaired) electrons. The maximum atomic E-state index is 13.7. The van der Waals surface area contributed by atoms with Gasteiger partial charge in [-0.1, -0.05) is 12.1 Å². The second-order valence-electron chi connectivity index (χ2n) is 5.24. The van der Waals surface area contributed by atoms with Crippen molar-refractivity contribution < 1.29 is 4.39 Å². The normalized spacial score (nSPS) is 29.6. The molecule has 1 heterocycles. The van der Waals surface area contributed by atoms with E-state index in [9.17, 15) is 4.39 Å². The second kappa shape index (κ2) is 3.56. The Labute approximate surface area is 96.1 Å². The summed E-state index contributed by atoms with van der Waals surface area (Å²) in [4.78, 5) is 0. The SMILES string of the molecule is Cc1ccc(C2(C3CC3)CCCN2)cc1F. The van der Waals surface area contributed by atoms with E-state index in [1.54, 1.807) is 6.07 Å². The number of aryl methyl sites for hydroxylation is 1. The first-order valence-corrected chi connectivity index (χ1v) is 6.24. The van der Waals surface area contributed by atoms with Crippen molar-refractivity contribution in [1.82, 2.24) is 5.32 Å². The molecule has 1 N–H and O–H groups in total. The van der Waals surface area contributed by atoms with Crippen LogP contribution in [0.4, 0.5) is 4.39 Å². The molecule has 3 rings (SSSR count). The van der Waals surface area contributed by atoms with Gasteiger partial charge in [-0.3, -0.25) is 0 Å². The maximum Gasteiger partial charge on any atom is 0.126 e. The van der Waals surface area contributed by atoms with E-state index in [-0.39, 0.29) is 11.4 Å². The Balaban J connectivity index is 2.02. The summed E-state index contributed by atoms with van der Waals surface area (Å²) in [5.74, 6) is 0.670. The summed E-state index contributed by atoms with van der Waals surface area (Å²) < 4.78 is 13.7. The third-order valence-corrected chi connectivity index (χ3v) is 4.15. The van der Waals surface area contributed by atoms with Crippen LogP contribution in [-0.4, -0.2) is 6.54 Å².